The monoisotopic (exact) mass is 275 g/mol. The second-order valence-corrected chi connectivity index (χ2v) is 5.61. The van der Waals surface area contributed by atoms with Crippen LogP contribution in [0.1, 0.15) is 36.8 Å². The number of rotatable bonds is 6. The van der Waals surface area contributed by atoms with Crippen molar-refractivity contribution in [3.63, 3.8) is 0 Å². The maximum atomic E-state index is 6.21. The van der Waals surface area contributed by atoms with Crippen LogP contribution in [0, 0.1) is 0 Å². The second-order valence-electron chi connectivity index (χ2n) is 4.63. The zero-order valence-corrected chi connectivity index (χ0v) is 12.3. The van der Waals surface area contributed by atoms with E-state index in [1.165, 1.54) is 10.4 Å². The van der Waals surface area contributed by atoms with Crippen LogP contribution >= 0.6 is 11.3 Å². The molecule has 19 heavy (non-hydrogen) atoms. The maximum absolute atomic E-state index is 6.21. The number of aryl methyl sites for hydroxylation is 1. The molecule has 1 aromatic heterocycles. The van der Waals surface area contributed by atoms with E-state index in [0.29, 0.717) is 0 Å². The summed E-state index contributed by atoms with van der Waals surface area (Å²) in [6, 6.07) is 12.4. The Morgan fingerprint density at radius 1 is 1.21 bits per heavy atom. The number of nitrogens with two attached hydrogens (primary N) is 1. The van der Waals surface area contributed by atoms with Gasteiger partial charge in [-0.3, -0.25) is 0 Å². The molecule has 1 heterocycles. The molecule has 0 saturated carbocycles. The molecule has 0 spiro atoms. The molecule has 0 aliphatic rings. The Balaban J connectivity index is 2.20. The zero-order valence-electron chi connectivity index (χ0n) is 11.5. The summed E-state index contributed by atoms with van der Waals surface area (Å²) in [5.74, 6) is 0.904. The minimum absolute atomic E-state index is 0.0175. The van der Waals surface area contributed by atoms with Gasteiger partial charge in [-0.1, -0.05) is 32.0 Å². The van der Waals surface area contributed by atoms with Gasteiger partial charge in [0.15, 0.2) is 0 Å². The molecule has 0 radical (unpaired) electrons. The van der Waals surface area contributed by atoms with Crippen molar-refractivity contribution in [3.8, 4) is 5.75 Å². The van der Waals surface area contributed by atoms with E-state index in [9.17, 15) is 0 Å². The van der Waals surface area contributed by atoms with Crippen LogP contribution in [0.5, 0.6) is 5.75 Å². The summed E-state index contributed by atoms with van der Waals surface area (Å²) in [6.07, 6.45) is 1.86. The third kappa shape index (κ3) is 3.58. The van der Waals surface area contributed by atoms with Crippen LogP contribution in [0.25, 0.3) is 0 Å². The fourth-order valence-corrected chi connectivity index (χ4v) is 2.84. The molecule has 2 nitrogen and oxygen atoms in total. The van der Waals surface area contributed by atoms with E-state index >= 15 is 0 Å². The van der Waals surface area contributed by atoms with Crippen LogP contribution < -0.4 is 10.5 Å². The summed E-state index contributed by atoms with van der Waals surface area (Å²) in [7, 11) is 0. The normalized spacial score (nSPS) is 14.1. The molecule has 0 bridgehead atoms. The average Bonchev–Trinajstić information content (AvgIpc) is 2.98. The lowest BCUT2D eigenvalue weighted by atomic mass is 10.1. The number of ether oxygens (including phenoxy) is 1. The van der Waals surface area contributed by atoms with Gasteiger partial charge in [0.25, 0.3) is 0 Å². The van der Waals surface area contributed by atoms with E-state index in [1.807, 2.05) is 18.2 Å². The molecule has 2 aromatic rings. The van der Waals surface area contributed by atoms with Crippen LogP contribution in [0.2, 0.25) is 0 Å². The molecule has 2 rings (SSSR count). The lowest BCUT2D eigenvalue weighted by Crippen LogP contribution is -2.30. The van der Waals surface area contributed by atoms with Crippen molar-refractivity contribution in [2.24, 2.45) is 5.73 Å². The smallest absolute Gasteiger partial charge is 0.148 e. The lowest BCUT2D eigenvalue weighted by molar-refractivity contribution is 0.174. The Labute approximate surface area is 119 Å². The van der Waals surface area contributed by atoms with Crippen LogP contribution in [-0.2, 0) is 6.42 Å². The molecule has 2 atom stereocenters. The van der Waals surface area contributed by atoms with Crippen molar-refractivity contribution < 1.29 is 4.74 Å². The summed E-state index contributed by atoms with van der Waals surface area (Å²) in [5, 5.41) is 2.07. The third-order valence-electron chi connectivity index (χ3n) is 3.25. The van der Waals surface area contributed by atoms with Crippen LogP contribution in [-0.4, -0.2) is 6.04 Å². The Morgan fingerprint density at radius 3 is 2.68 bits per heavy atom. The summed E-state index contributed by atoms with van der Waals surface area (Å²) in [6.45, 7) is 4.24. The molecule has 1 aromatic carbocycles. The first-order valence-corrected chi connectivity index (χ1v) is 7.67. The summed E-state index contributed by atoms with van der Waals surface area (Å²) in [4.78, 5) is 1.19. The fourth-order valence-electron chi connectivity index (χ4n) is 2.01. The molecular formula is C16H21NOS. The van der Waals surface area contributed by atoms with Gasteiger partial charge < -0.3 is 10.5 Å². The van der Waals surface area contributed by atoms with Crippen molar-refractivity contribution in [3.05, 3.63) is 52.2 Å². The van der Waals surface area contributed by atoms with Gasteiger partial charge in [-0.2, -0.15) is 0 Å². The molecule has 3 heteroatoms. The Kier molecular flexibility index (Phi) is 5.00. The van der Waals surface area contributed by atoms with Crippen molar-refractivity contribution in [2.45, 2.75) is 38.8 Å². The average molecular weight is 275 g/mol. The van der Waals surface area contributed by atoms with Gasteiger partial charge in [0.1, 0.15) is 11.9 Å². The highest BCUT2D eigenvalue weighted by atomic mass is 32.1. The highest BCUT2D eigenvalue weighted by Gasteiger charge is 2.21. The number of benzene rings is 1. The second kappa shape index (κ2) is 6.73. The van der Waals surface area contributed by atoms with Crippen LogP contribution in [0.4, 0.5) is 0 Å². The van der Waals surface area contributed by atoms with E-state index in [-0.39, 0.29) is 12.1 Å². The predicted octanol–water partition coefficient (Wildman–Crippen LogP) is 4.17. The van der Waals surface area contributed by atoms with E-state index in [2.05, 4.69) is 37.4 Å². The largest absolute Gasteiger partial charge is 0.483 e. The molecular weight excluding hydrogens is 254 g/mol. The quantitative estimate of drug-likeness (QED) is 0.859. The molecule has 2 N–H and O–H groups in total. The topological polar surface area (TPSA) is 35.2 Å². The predicted molar refractivity (Wildman–Crippen MR) is 81.8 cm³/mol. The minimum atomic E-state index is -0.0582. The van der Waals surface area contributed by atoms with E-state index < -0.39 is 0 Å². The van der Waals surface area contributed by atoms with E-state index in [1.54, 1.807) is 11.3 Å². The summed E-state index contributed by atoms with van der Waals surface area (Å²) >= 11 is 1.70. The van der Waals surface area contributed by atoms with Crippen molar-refractivity contribution in [1.82, 2.24) is 0 Å². The first-order chi connectivity index (χ1) is 9.24. The SMILES string of the molecule is CCc1cccc(OC(c2cccs2)C(N)CC)c1. The molecule has 102 valence electrons. The molecule has 0 amide bonds. The molecule has 2 unspecified atom stereocenters. The highest BCUT2D eigenvalue weighted by Crippen LogP contribution is 2.29. The zero-order chi connectivity index (χ0) is 13.7. The first-order valence-electron chi connectivity index (χ1n) is 6.79. The Bertz CT molecular complexity index is 495. The van der Waals surface area contributed by atoms with Gasteiger partial charge in [0.2, 0.25) is 0 Å². The molecule has 0 aliphatic heterocycles. The first kappa shape index (κ1) is 14.1. The lowest BCUT2D eigenvalue weighted by Gasteiger charge is -2.23. The van der Waals surface area contributed by atoms with Gasteiger partial charge in [-0.25, -0.2) is 0 Å². The number of hydrogen-bond donors (Lipinski definition) is 1. The van der Waals surface area contributed by atoms with E-state index in [0.717, 1.165) is 18.6 Å². The van der Waals surface area contributed by atoms with Gasteiger partial charge >= 0.3 is 0 Å². The van der Waals surface area contributed by atoms with Gasteiger partial charge in [0.05, 0.1) is 0 Å². The van der Waals surface area contributed by atoms with E-state index in [4.69, 9.17) is 10.5 Å². The van der Waals surface area contributed by atoms with Crippen molar-refractivity contribution >= 4 is 11.3 Å². The van der Waals surface area contributed by atoms with Crippen molar-refractivity contribution in [1.29, 1.82) is 0 Å². The standard InChI is InChI=1S/C16H21NOS/c1-3-12-7-5-8-13(11-12)18-16(14(17)4-2)15-9-6-10-19-15/h5-11,14,16H,3-4,17H2,1-2H3. The van der Waals surface area contributed by atoms with Crippen LogP contribution in [0.3, 0.4) is 0 Å². The number of thiophene rings is 1. The Morgan fingerprint density at radius 2 is 2.05 bits per heavy atom. The van der Waals surface area contributed by atoms with Gasteiger partial charge in [0, 0.05) is 10.9 Å². The van der Waals surface area contributed by atoms with Gasteiger partial charge in [-0.15, -0.1) is 11.3 Å². The molecule has 0 aliphatic carbocycles. The Hall–Kier alpha value is -1.32. The van der Waals surface area contributed by atoms with Crippen LogP contribution in [0.15, 0.2) is 41.8 Å². The summed E-state index contributed by atoms with van der Waals surface area (Å²) < 4.78 is 6.14. The molecule has 0 saturated heterocycles. The fraction of sp³-hybridized carbons (Fsp3) is 0.375. The highest BCUT2D eigenvalue weighted by molar-refractivity contribution is 7.10. The summed E-state index contributed by atoms with van der Waals surface area (Å²) in [5.41, 5.74) is 7.49. The third-order valence-corrected chi connectivity index (χ3v) is 4.19. The minimum Gasteiger partial charge on any atom is -0.483 e. The van der Waals surface area contributed by atoms with Crippen molar-refractivity contribution in [2.75, 3.05) is 0 Å². The molecule has 0 fully saturated rings. The number of hydrogen-bond acceptors (Lipinski definition) is 3. The maximum Gasteiger partial charge on any atom is 0.148 e. The van der Waals surface area contributed by atoms with Gasteiger partial charge in [-0.05, 0) is 42.0 Å².